The number of amides is 1. The number of hydrogen-bond donors (Lipinski definition) is 1. The van der Waals surface area contributed by atoms with Crippen LogP contribution in [-0.2, 0) is 14.3 Å². The SMILES string of the molecule is CCOC(=O)CC[C@H]1CN(C(=O)OC(C)(C)C)CC[C@H]1CCO. The molecule has 1 heterocycles. The fraction of sp³-hybridized carbons (Fsp3) is 0.882. The van der Waals surface area contributed by atoms with Gasteiger partial charge < -0.3 is 19.5 Å². The van der Waals surface area contributed by atoms with Crippen molar-refractivity contribution in [2.24, 2.45) is 11.8 Å². The van der Waals surface area contributed by atoms with E-state index in [1.54, 1.807) is 11.8 Å². The lowest BCUT2D eigenvalue weighted by Crippen LogP contribution is -2.46. The van der Waals surface area contributed by atoms with Gasteiger partial charge >= 0.3 is 12.1 Å². The van der Waals surface area contributed by atoms with Gasteiger partial charge in [0.1, 0.15) is 5.60 Å². The van der Waals surface area contributed by atoms with Crippen molar-refractivity contribution in [3.8, 4) is 0 Å². The first-order chi connectivity index (χ1) is 10.8. The van der Waals surface area contributed by atoms with Crippen molar-refractivity contribution in [2.75, 3.05) is 26.3 Å². The lowest BCUT2D eigenvalue weighted by molar-refractivity contribution is -0.143. The molecular weight excluding hydrogens is 298 g/mol. The molecule has 1 amide bonds. The molecule has 0 unspecified atom stereocenters. The van der Waals surface area contributed by atoms with Crippen LogP contribution >= 0.6 is 0 Å². The summed E-state index contributed by atoms with van der Waals surface area (Å²) in [6.45, 7) is 9.05. The molecule has 0 aromatic carbocycles. The van der Waals surface area contributed by atoms with Crippen LogP contribution in [0.5, 0.6) is 0 Å². The van der Waals surface area contributed by atoms with E-state index in [-0.39, 0.29) is 24.6 Å². The maximum Gasteiger partial charge on any atom is 0.410 e. The molecule has 0 bridgehead atoms. The molecule has 134 valence electrons. The number of carbonyl (C=O) groups excluding carboxylic acids is 2. The van der Waals surface area contributed by atoms with Gasteiger partial charge in [-0.3, -0.25) is 4.79 Å². The van der Waals surface area contributed by atoms with E-state index in [9.17, 15) is 14.7 Å². The van der Waals surface area contributed by atoms with Crippen molar-refractivity contribution in [2.45, 2.75) is 59.0 Å². The average molecular weight is 329 g/mol. The lowest BCUT2D eigenvalue weighted by atomic mass is 9.81. The van der Waals surface area contributed by atoms with E-state index in [4.69, 9.17) is 9.47 Å². The zero-order valence-corrected chi connectivity index (χ0v) is 14.8. The third kappa shape index (κ3) is 7.20. The van der Waals surface area contributed by atoms with Crippen molar-refractivity contribution < 1.29 is 24.2 Å². The number of likely N-dealkylation sites (tertiary alicyclic amines) is 1. The predicted octanol–water partition coefficient (Wildman–Crippen LogP) is 2.59. The third-order valence-electron chi connectivity index (χ3n) is 4.07. The number of hydrogen-bond acceptors (Lipinski definition) is 5. The summed E-state index contributed by atoms with van der Waals surface area (Å²) in [7, 11) is 0. The molecule has 6 heteroatoms. The van der Waals surface area contributed by atoms with Gasteiger partial charge in [-0.2, -0.15) is 0 Å². The summed E-state index contributed by atoms with van der Waals surface area (Å²) >= 11 is 0. The molecule has 0 radical (unpaired) electrons. The Labute approximate surface area is 139 Å². The molecule has 1 N–H and O–H groups in total. The molecule has 1 saturated heterocycles. The quantitative estimate of drug-likeness (QED) is 0.758. The first kappa shape index (κ1) is 19.7. The Morgan fingerprint density at radius 1 is 1.22 bits per heavy atom. The third-order valence-corrected chi connectivity index (χ3v) is 4.07. The van der Waals surface area contributed by atoms with Gasteiger partial charge in [-0.25, -0.2) is 4.79 Å². The van der Waals surface area contributed by atoms with Crippen LogP contribution in [0.4, 0.5) is 4.79 Å². The largest absolute Gasteiger partial charge is 0.466 e. The fourth-order valence-electron chi connectivity index (χ4n) is 2.98. The van der Waals surface area contributed by atoms with Crippen molar-refractivity contribution >= 4 is 12.1 Å². The van der Waals surface area contributed by atoms with E-state index < -0.39 is 5.60 Å². The number of ether oxygens (including phenoxy) is 2. The monoisotopic (exact) mass is 329 g/mol. The topological polar surface area (TPSA) is 76.1 Å². The van der Waals surface area contributed by atoms with E-state index in [1.165, 1.54) is 0 Å². The Morgan fingerprint density at radius 3 is 2.48 bits per heavy atom. The average Bonchev–Trinajstić information content (AvgIpc) is 2.45. The van der Waals surface area contributed by atoms with Gasteiger partial charge in [-0.1, -0.05) is 0 Å². The highest BCUT2D eigenvalue weighted by Gasteiger charge is 2.33. The molecule has 6 nitrogen and oxygen atoms in total. The Hall–Kier alpha value is -1.30. The maximum atomic E-state index is 12.2. The maximum absolute atomic E-state index is 12.2. The van der Waals surface area contributed by atoms with Gasteiger partial charge in [0.05, 0.1) is 6.61 Å². The zero-order chi connectivity index (χ0) is 17.5. The number of rotatable bonds is 6. The predicted molar refractivity (Wildman–Crippen MR) is 87.0 cm³/mol. The van der Waals surface area contributed by atoms with Gasteiger partial charge in [0, 0.05) is 26.1 Å². The Morgan fingerprint density at radius 2 is 1.91 bits per heavy atom. The Balaban J connectivity index is 2.61. The molecule has 1 aliphatic rings. The van der Waals surface area contributed by atoms with Gasteiger partial charge in [0.2, 0.25) is 0 Å². The van der Waals surface area contributed by atoms with E-state index in [0.717, 1.165) is 6.42 Å². The molecule has 1 aliphatic heterocycles. The summed E-state index contributed by atoms with van der Waals surface area (Å²) in [5.74, 6) is 0.311. The summed E-state index contributed by atoms with van der Waals surface area (Å²) in [5.41, 5.74) is -0.514. The zero-order valence-electron chi connectivity index (χ0n) is 14.8. The first-order valence-electron chi connectivity index (χ1n) is 8.51. The van der Waals surface area contributed by atoms with Crippen LogP contribution in [0, 0.1) is 11.8 Å². The minimum Gasteiger partial charge on any atom is -0.466 e. The molecular formula is C17H31NO5. The van der Waals surface area contributed by atoms with E-state index >= 15 is 0 Å². The summed E-state index contributed by atoms with van der Waals surface area (Å²) in [6, 6.07) is 0. The van der Waals surface area contributed by atoms with E-state index in [0.29, 0.717) is 44.9 Å². The lowest BCUT2D eigenvalue weighted by Gasteiger charge is -2.39. The van der Waals surface area contributed by atoms with Crippen molar-refractivity contribution in [1.29, 1.82) is 0 Å². The summed E-state index contributed by atoms with van der Waals surface area (Å²) < 4.78 is 10.4. The molecule has 0 aliphatic carbocycles. The van der Waals surface area contributed by atoms with E-state index in [2.05, 4.69) is 0 Å². The smallest absolute Gasteiger partial charge is 0.410 e. The second-order valence-corrected chi connectivity index (χ2v) is 7.09. The highest BCUT2D eigenvalue weighted by Crippen LogP contribution is 2.30. The number of carbonyl (C=O) groups is 2. The summed E-state index contributed by atoms with van der Waals surface area (Å²) in [6.07, 6.45) is 2.25. The molecule has 1 rings (SSSR count). The van der Waals surface area contributed by atoms with Crippen LogP contribution in [-0.4, -0.2) is 54.0 Å². The summed E-state index contributed by atoms with van der Waals surface area (Å²) in [5, 5.41) is 9.23. The first-order valence-corrected chi connectivity index (χ1v) is 8.51. The molecule has 2 atom stereocenters. The van der Waals surface area contributed by atoms with Gasteiger partial charge in [-0.05, 0) is 58.8 Å². The highest BCUT2D eigenvalue weighted by molar-refractivity contribution is 5.69. The standard InChI is InChI=1S/C17H31NO5/c1-5-22-15(20)7-6-14-12-18(10-8-13(14)9-11-19)16(21)23-17(2,3)4/h13-14,19H,5-12H2,1-4H3/t13-,14-/m0/s1. The van der Waals surface area contributed by atoms with E-state index in [1.807, 2.05) is 20.8 Å². The Bertz CT molecular complexity index is 391. The molecule has 23 heavy (non-hydrogen) atoms. The minimum atomic E-state index is -0.514. The van der Waals surface area contributed by atoms with Crippen LogP contribution in [0.1, 0.15) is 53.4 Å². The van der Waals surface area contributed by atoms with Crippen LogP contribution in [0.2, 0.25) is 0 Å². The highest BCUT2D eigenvalue weighted by atomic mass is 16.6. The second kappa shape index (κ2) is 9.11. The van der Waals surface area contributed by atoms with Gasteiger partial charge in [-0.15, -0.1) is 0 Å². The van der Waals surface area contributed by atoms with Crippen molar-refractivity contribution in [3.63, 3.8) is 0 Å². The normalized spacial score (nSPS) is 21.9. The number of piperidine rings is 1. The second-order valence-electron chi connectivity index (χ2n) is 7.09. The van der Waals surface area contributed by atoms with Crippen LogP contribution < -0.4 is 0 Å². The number of aliphatic hydroxyl groups is 1. The minimum absolute atomic E-state index is 0.132. The van der Waals surface area contributed by atoms with Crippen LogP contribution in [0.15, 0.2) is 0 Å². The molecule has 0 saturated carbocycles. The number of esters is 1. The molecule has 1 fully saturated rings. The fourth-order valence-corrected chi connectivity index (χ4v) is 2.98. The summed E-state index contributed by atoms with van der Waals surface area (Å²) in [4.78, 5) is 25.5. The Kier molecular flexibility index (Phi) is 7.82. The van der Waals surface area contributed by atoms with Crippen LogP contribution in [0.3, 0.4) is 0 Å². The molecule has 0 aromatic heterocycles. The van der Waals surface area contributed by atoms with Crippen molar-refractivity contribution in [1.82, 2.24) is 4.90 Å². The number of nitrogens with zero attached hydrogens (tertiary/aromatic N) is 1. The number of aliphatic hydroxyl groups excluding tert-OH is 1. The van der Waals surface area contributed by atoms with Crippen LogP contribution in [0.25, 0.3) is 0 Å². The van der Waals surface area contributed by atoms with Gasteiger partial charge in [0.15, 0.2) is 0 Å². The van der Waals surface area contributed by atoms with Gasteiger partial charge in [0.25, 0.3) is 0 Å². The molecule has 0 spiro atoms. The molecule has 0 aromatic rings. The van der Waals surface area contributed by atoms with Crippen molar-refractivity contribution in [3.05, 3.63) is 0 Å².